The molecule has 2 rings (SSSR count). The summed E-state index contributed by atoms with van der Waals surface area (Å²) < 4.78 is 0.964. The molecule has 0 radical (unpaired) electrons. The first-order valence-corrected chi connectivity index (χ1v) is 7.89. The highest BCUT2D eigenvalue weighted by Gasteiger charge is 2.22. The van der Waals surface area contributed by atoms with Crippen molar-refractivity contribution in [2.45, 2.75) is 31.7 Å². The topological polar surface area (TPSA) is 67.1 Å². The van der Waals surface area contributed by atoms with Gasteiger partial charge in [-0.2, -0.15) is 0 Å². The van der Waals surface area contributed by atoms with Gasteiger partial charge in [-0.05, 0) is 37.5 Å². The number of rotatable bonds is 7. The zero-order valence-corrected chi connectivity index (χ0v) is 13.5. The Kier molecular flexibility index (Phi) is 5.37. The molecular formula is C14H18BrN3OS. The SMILES string of the molecule is NC(=S)c1ccc(Br)cc1NCCCC(=O)NC1CC1. The average Bonchev–Trinajstić information content (AvgIpc) is 3.18. The number of hydrogen-bond acceptors (Lipinski definition) is 3. The molecule has 1 aliphatic rings. The maximum absolute atomic E-state index is 11.5. The maximum Gasteiger partial charge on any atom is 0.220 e. The number of anilines is 1. The van der Waals surface area contributed by atoms with Crippen molar-refractivity contribution in [3.05, 3.63) is 28.2 Å². The minimum absolute atomic E-state index is 0.137. The van der Waals surface area contributed by atoms with Crippen molar-refractivity contribution in [1.82, 2.24) is 5.32 Å². The summed E-state index contributed by atoms with van der Waals surface area (Å²) in [7, 11) is 0. The van der Waals surface area contributed by atoms with Gasteiger partial charge in [0.2, 0.25) is 5.91 Å². The molecule has 0 atom stereocenters. The molecule has 108 valence electrons. The van der Waals surface area contributed by atoms with Gasteiger partial charge < -0.3 is 16.4 Å². The summed E-state index contributed by atoms with van der Waals surface area (Å²) in [5.74, 6) is 0.137. The number of halogens is 1. The molecule has 0 unspecified atom stereocenters. The summed E-state index contributed by atoms with van der Waals surface area (Å²) in [4.78, 5) is 11.9. The first kappa shape index (κ1) is 15.3. The Morgan fingerprint density at radius 2 is 2.20 bits per heavy atom. The predicted molar refractivity (Wildman–Crippen MR) is 88.9 cm³/mol. The van der Waals surface area contributed by atoms with Gasteiger partial charge in [-0.1, -0.05) is 28.1 Å². The molecule has 0 spiro atoms. The van der Waals surface area contributed by atoms with E-state index in [4.69, 9.17) is 18.0 Å². The van der Waals surface area contributed by atoms with E-state index in [9.17, 15) is 4.79 Å². The van der Waals surface area contributed by atoms with Gasteiger partial charge in [0.25, 0.3) is 0 Å². The van der Waals surface area contributed by atoms with Crippen LogP contribution >= 0.6 is 28.1 Å². The van der Waals surface area contributed by atoms with Gasteiger partial charge in [-0.3, -0.25) is 4.79 Å². The largest absolute Gasteiger partial charge is 0.389 e. The second kappa shape index (κ2) is 7.04. The molecule has 1 aliphatic carbocycles. The normalized spacial score (nSPS) is 13.8. The molecule has 20 heavy (non-hydrogen) atoms. The van der Waals surface area contributed by atoms with Crippen molar-refractivity contribution in [3.8, 4) is 0 Å². The third-order valence-corrected chi connectivity index (χ3v) is 3.80. The van der Waals surface area contributed by atoms with Gasteiger partial charge in [-0.25, -0.2) is 0 Å². The minimum Gasteiger partial charge on any atom is -0.389 e. The zero-order valence-electron chi connectivity index (χ0n) is 11.1. The van der Waals surface area contributed by atoms with Crippen molar-refractivity contribution < 1.29 is 4.79 Å². The number of hydrogen-bond donors (Lipinski definition) is 3. The van der Waals surface area contributed by atoms with Crippen molar-refractivity contribution >= 4 is 44.7 Å². The fourth-order valence-electron chi connectivity index (χ4n) is 1.88. The monoisotopic (exact) mass is 355 g/mol. The number of nitrogens with one attached hydrogen (secondary N) is 2. The van der Waals surface area contributed by atoms with Gasteiger partial charge in [0.15, 0.2) is 0 Å². The number of carbonyl (C=O) groups excluding carboxylic acids is 1. The van der Waals surface area contributed by atoms with Crippen LogP contribution in [0.15, 0.2) is 22.7 Å². The second-order valence-electron chi connectivity index (χ2n) is 4.93. The molecule has 0 saturated heterocycles. The zero-order chi connectivity index (χ0) is 14.5. The highest BCUT2D eigenvalue weighted by Crippen LogP contribution is 2.22. The fraction of sp³-hybridized carbons (Fsp3) is 0.429. The smallest absolute Gasteiger partial charge is 0.220 e. The molecule has 0 aromatic heterocycles. The van der Waals surface area contributed by atoms with E-state index in [0.717, 1.165) is 35.0 Å². The van der Waals surface area contributed by atoms with E-state index in [0.29, 0.717) is 24.0 Å². The highest BCUT2D eigenvalue weighted by molar-refractivity contribution is 9.10. The third-order valence-electron chi connectivity index (χ3n) is 3.09. The van der Waals surface area contributed by atoms with E-state index in [1.54, 1.807) is 0 Å². The molecule has 0 aliphatic heterocycles. The average molecular weight is 356 g/mol. The summed E-state index contributed by atoms with van der Waals surface area (Å²) in [6.07, 6.45) is 3.57. The number of carbonyl (C=O) groups is 1. The van der Waals surface area contributed by atoms with Gasteiger partial charge in [-0.15, -0.1) is 0 Å². The van der Waals surface area contributed by atoms with Crippen molar-refractivity contribution in [2.24, 2.45) is 5.73 Å². The third kappa shape index (κ3) is 4.76. The molecule has 0 heterocycles. The lowest BCUT2D eigenvalue weighted by atomic mass is 10.1. The van der Waals surface area contributed by atoms with E-state index in [1.807, 2.05) is 18.2 Å². The minimum atomic E-state index is 0.137. The van der Waals surface area contributed by atoms with Crippen LogP contribution in [0.4, 0.5) is 5.69 Å². The molecular weight excluding hydrogens is 338 g/mol. The van der Waals surface area contributed by atoms with Crippen LogP contribution in [0.3, 0.4) is 0 Å². The Hall–Kier alpha value is -1.14. The molecule has 4 N–H and O–H groups in total. The molecule has 4 nitrogen and oxygen atoms in total. The maximum atomic E-state index is 11.5. The van der Waals surface area contributed by atoms with Crippen LogP contribution in [-0.2, 0) is 4.79 Å². The van der Waals surface area contributed by atoms with Crippen molar-refractivity contribution in [1.29, 1.82) is 0 Å². The van der Waals surface area contributed by atoms with E-state index >= 15 is 0 Å². The first-order chi connectivity index (χ1) is 9.56. The van der Waals surface area contributed by atoms with Gasteiger partial charge in [0, 0.05) is 34.7 Å². The van der Waals surface area contributed by atoms with Gasteiger partial charge in [0.05, 0.1) is 0 Å². The quantitative estimate of drug-likeness (QED) is 0.519. The lowest BCUT2D eigenvalue weighted by Gasteiger charge is -2.11. The highest BCUT2D eigenvalue weighted by atomic mass is 79.9. The number of benzene rings is 1. The van der Waals surface area contributed by atoms with E-state index in [1.165, 1.54) is 0 Å². The van der Waals surface area contributed by atoms with Crippen molar-refractivity contribution in [3.63, 3.8) is 0 Å². The standard InChI is InChI=1S/C14H18BrN3OS/c15-9-3-6-11(14(16)20)12(8-9)17-7-1-2-13(19)18-10-4-5-10/h3,6,8,10,17H,1-2,4-5,7H2,(H2,16,20)(H,18,19). The Morgan fingerprint density at radius 1 is 1.45 bits per heavy atom. The van der Waals surface area contributed by atoms with Crippen LogP contribution in [-0.4, -0.2) is 23.5 Å². The van der Waals surface area contributed by atoms with Crippen molar-refractivity contribution in [2.75, 3.05) is 11.9 Å². The van der Waals surface area contributed by atoms with Gasteiger partial charge >= 0.3 is 0 Å². The van der Waals surface area contributed by atoms with Crippen LogP contribution in [0.25, 0.3) is 0 Å². The van der Waals surface area contributed by atoms with E-state index in [-0.39, 0.29) is 5.91 Å². The summed E-state index contributed by atoms with van der Waals surface area (Å²) in [5, 5.41) is 6.26. The summed E-state index contributed by atoms with van der Waals surface area (Å²) in [5.41, 5.74) is 7.41. The van der Waals surface area contributed by atoms with Crippen LogP contribution in [0.2, 0.25) is 0 Å². The van der Waals surface area contributed by atoms with Crippen LogP contribution in [0.5, 0.6) is 0 Å². The molecule has 0 bridgehead atoms. The lowest BCUT2D eigenvalue weighted by molar-refractivity contribution is -0.121. The molecule has 6 heteroatoms. The molecule has 1 amide bonds. The molecule has 1 aromatic carbocycles. The van der Waals surface area contributed by atoms with Gasteiger partial charge in [0.1, 0.15) is 4.99 Å². The van der Waals surface area contributed by atoms with E-state index in [2.05, 4.69) is 26.6 Å². The van der Waals surface area contributed by atoms with E-state index < -0.39 is 0 Å². The van der Waals surface area contributed by atoms with Crippen LogP contribution in [0.1, 0.15) is 31.2 Å². The first-order valence-electron chi connectivity index (χ1n) is 6.69. The molecule has 1 aromatic rings. The Bertz CT molecular complexity index is 517. The number of amides is 1. The number of thiocarbonyl (C=S) groups is 1. The predicted octanol–water partition coefficient (Wildman–Crippen LogP) is 2.55. The lowest BCUT2D eigenvalue weighted by Crippen LogP contribution is -2.25. The molecule has 1 fully saturated rings. The Labute approximate surface area is 132 Å². The Morgan fingerprint density at radius 3 is 2.85 bits per heavy atom. The van der Waals surface area contributed by atoms with Crippen LogP contribution < -0.4 is 16.4 Å². The second-order valence-corrected chi connectivity index (χ2v) is 6.28. The molecule has 1 saturated carbocycles. The fourth-order valence-corrected chi connectivity index (χ4v) is 2.42. The number of nitrogens with two attached hydrogens (primary N) is 1. The summed E-state index contributed by atoms with van der Waals surface area (Å²) >= 11 is 8.45. The summed E-state index contributed by atoms with van der Waals surface area (Å²) in [6.45, 7) is 0.712. The van der Waals surface area contributed by atoms with Crippen LogP contribution in [0, 0.1) is 0 Å². The summed E-state index contributed by atoms with van der Waals surface area (Å²) in [6, 6.07) is 6.16. The Balaban J connectivity index is 1.79.